The SMILES string of the molecule is CC(C)CC(Nc1ccc2nnnn2n1)C(=O)O. The number of nitrogens with zero attached hydrogens (tertiary/aromatic N) is 5. The van der Waals surface area contributed by atoms with Crippen molar-refractivity contribution in [2.45, 2.75) is 26.3 Å². The van der Waals surface area contributed by atoms with Crippen LogP contribution in [0, 0.1) is 5.92 Å². The average Bonchev–Trinajstić information content (AvgIpc) is 2.74. The number of carbonyl (C=O) groups is 1. The first-order chi connectivity index (χ1) is 8.56. The van der Waals surface area contributed by atoms with Gasteiger partial charge in [0, 0.05) is 0 Å². The molecule has 0 saturated carbocycles. The van der Waals surface area contributed by atoms with Gasteiger partial charge in [-0.1, -0.05) is 13.8 Å². The minimum atomic E-state index is -0.901. The van der Waals surface area contributed by atoms with E-state index in [-0.39, 0.29) is 5.92 Å². The fraction of sp³-hybridized carbons (Fsp3) is 0.500. The summed E-state index contributed by atoms with van der Waals surface area (Å²) < 4.78 is 1.25. The number of hydrogen-bond donors (Lipinski definition) is 2. The summed E-state index contributed by atoms with van der Waals surface area (Å²) in [5.74, 6) is -0.194. The molecule has 2 rings (SSSR count). The van der Waals surface area contributed by atoms with Crippen molar-refractivity contribution < 1.29 is 9.90 Å². The zero-order valence-corrected chi connectivity index (χ0v) is 10.1. The summed E-state index contributed by atoms with van der Waals surface area (Å²) in [6.45, 7) is 3.94. The van der Waals surface area contributed by atoms with Gasteiger partial charge in [0.15, 0.2) is 5.65 Å². The van der Waals surface area contributed by atoms with Gasteiger partial charge in [-0.25, -0.2) is 4.79 Å². The van der Waals surface area contributed by atoms with Gasteiger partial charge in [0.1, 0.15) is 11.9 Å². The Kier molecular flexibility index (Phi) is 3.35. The second kappa shape index (κ2) is 4.94. The van der Waals surface area contributed by atoms with E-state index in [0.717, 1.165) is 0 Å². The van der Waals surface area contributed by atoms with Gasteiger partial charge in [0.05, 0.1) is 0 Å². The molecule has 0 bridgehead atoms. The Bertz CT molecular complexity index is 552. The maximum absolute atomic E-state index is 11.1. The van der Waals surface area contributed by atoms with E-state index in [9.17, 15) is 4.79 Å². The van der Waals surface area contributed by atoms with Gasteiger partial charge in [-0.2, -0.15) is 0 Å². The number of aliphatic carboxylic acids is 1. The molecule has 0 amide bonds. The molecule has 8 nitrogen and oxygen atoms in total. The Labute approximate surface area is 103 Å². The second-order valence-electron chi connectivity index (χ2n) is 4.41. The number of fused-ring (bicyclic) bond motifs is 1. The van der Waals surface area contributed by atoms with Crippen molar-refractivity contribution in [3.63, 3.8) is 0 Å². The second-order valence-corrected chi connectivity index (χ2v) is 4.41. The quantitative estimate of drug-likeness (QED) is 0.792. The first kappa shape index (κ1) is 12.2. The minimum Gasteiger partial charge on any atom is -0.480 e. The van der Waals surface area contributed by atoms with E-state index in [1.165, 1.54) is 4.63 Å². The highest BCUT2D eigenvalue weighted by atomic mass is 16.4. The molecule has 18 heavy (non-hydrogen) atoms. The van der Waals surface area contributed by atoms with Gasteiger partial charge in [0.25, 0.3) is 0 Å². The zero-order valence-electron chi connectivity index (χ0n) is 10.1. The van der Waals surface area contributed by atoms with E-state index in [2.05, 4.69) is 25.9 Å². The lowest BCUT2D eigenvalue weighted by atomic mass is 10.0. The predicted octanol–water partition coefficient (Wildman–Crippen LogP) is 0.430. The maximum atomic E-state index is 11.1. The van der Waals surface area contributed by atoms with Gasteiger partial charge in [0.2, 0.25) is 0 Å². The number of carboxylic acid groups (broad SMARTS) is 1. The molecule has 0 aliphatic carbocycles. The Morgan fingerprint density at radius 1 is 1.50 bits per heavy atom. The number of aromatic nitrogens is 5. The van der Waals surface area contributed by atoms with Gasteiger partial charge in [-0.3, -0.25) is 0 Å². The number of tetrazole rings is 1. The Morgan fingerprint density at radius 3 is 2.94 bits per heavy atom. The molecule has 0 aliphatic heterocycles. The standard InChI is InChI=1S/C10H14N6O2/c1-6(2)5-7(10(17)18)11-8-3-4-9-12-14-15-16(9)13-8/h3-4,6-7H,5H2,1-2H3,(H,11,13)(H,17,18). The van der Waals surface area contributed by atoms with Crippen LogP contribution in [0.5, 0.6) is 0 Å². The molecular formula is C10H14N6O2. The molecule has 2 N–H and O–H groups in total. The number of carboxylic acids is 1. The van der Waals surface area contributed by atoms with Crippen molar-refractivity contribution >= 4 is 17.4 Å². The summed E-state index contributed by atoms with van der Waals surface area (Å²) in [6.07, 6.45) is 0.519. The van der Waals surface area contributed by atoms with Crippen LogP contribution < -0.4 is 5.32 Å². The molecule has 2 aromatic rings. The van der Waals surface area contributed by atoms with E-state index < -0.39 is 12.0 Å². The highest BCUT2D eigenvalue weighted by molar-refractivity contribution is 5.76. The molecule has 0 aliphatic rings. The third-order valence-electron chi connectivity index (χ3n) is 2.40. The maximum Gasteiger partial charge on any atom is 0.326 e. The van der Waals surface area contributed by atoms with E-state index >= 15 is 0 Å². The predicted molar refractivity (Wildman–Crippen MR) is 63.1 cm³/mol. The van der Waals surface area contributed by atoms with Crippen molar-refractivity contribution in [1.82, 2.24) is 25.3 Å². The fourth-order valence-corrected chi connectivity index (χ4v) is 1.60. The Morgan fingerprint density at radius 2 is 2.28 bits per heavy atom. The number of rotatable bonds is 5. The van der Waals surface area contributed by atoms with E-state index in [0.29, 0.717) is 17.9 Å². The molecule has 0 fully saturated rings. The topological polar surface area (TPSA) is 105 Å². The van der Waals surface area contributed by atoms with Gasteiger partial charge < -0.3 is 10.4 Å². The largest absolute Gasteiger partial charge is 0.480 e. The summed E-state index contributed by atoms with van der Waals surface area (Å²) in [4.78, 5) is 11.1. The molecule has 2 heterocycles. The van der Waals surface area contributed by atoms with Crippen LogP contribution in [-0.2, 0) is 4.79 Å². The lowest BCUT2D eigenvalue weighted by Crippen LogP contribution is -2.31. The van der Waals surface area contributed by atoms with Crippen LogP contribution in [0.2, 0.25) is 0 Å². The minimum absolute atomic E-state index is 0.273. The zero-order chi connectivity index (χ0) is 13.1. The van der Waals surface area contributed by atoms with Crippen molar-refractivity contribution in [1.29, 1.82) is 0 Å². The summed E-state index contributed by atoms with van der Waals surface area (Å²) in [6, 6.07) is 2.65. The monoisotopic (exact) mass is 250 g/mol. The number of anilines is 1. The Balaban J connectivity index is 2.17. The average molecular weight is 250 g/mol. The smallest absolute Gasteiger partial charge is 0.326 e. The van der Waals surface area contributed by atoms with Crippen LogP contribution in [0.15, 0.2) is 12.1 Å². The lowest BCUT2D eigenvalue weighted by molar-refractivity contribution is -0.138. The van der Waals surface area contributed by atoms with Gasteiger partial charge >= 0.3 is 5.97 Å². The molecule has 1 unspecified atom stereocenters. The number of hydrogen-bond acceptors (Lipinski definition) is 6. The van der Waals surface area contributed by atoms with Crippen LogP contribution in [0.4, 0.5) is 5.82 Å². The van der Waals surface area contributed by atoms with Crippen LogP contribution in [0.25, 0.3) is 5.65 Å². The summed E-state index contributed by atoms with van der Waals surface area (Å²) in [7, 11) is 0. The van der Waals surface area contributed by atoms with E-state index in [1.807, 2.05) is 13.8 Å². The molecule has 8 heteroatoms. The third-order valence-corrected chi connectivity index (χ3v) is 2.40. The molecule has 96 valence electrons. The summed E-state index contributed by atoms with van der Waals surface area (Å²) >= 11 is 0. The highest BCUT2D eigenvalue weighted by Crippen LogP contribution is 2.11. The normalized spacial score (nSPS) is 12.8. The molecule has 2 aromatic heterocycles. The Hall–Kier alpha value is -2.25. The molecular weight excluding hydrogens is 236 g/mol. The van der Waals surface area contributed by atoms with Crippen molar-refractivity contribution in [3.8, 4) is 0 Å². The first-order valence-electron chi connectivity index (χ1n) is 5.61. The summed E-state index contributed by atoms with van der Waals surface area (Å²) in [5.41, 5.74) is 0.510. The molecule has 0 aromatic carbocycles. The fourth-order valence-electron chi connectivity index (χ4n) is 1.60. The van der Waals surface area contributed by atoms with E-state index in [1.54, 1.807) is 12.1 Å². The molecule has 0 saturated heterocycles. The van der Waals surface area contributed by atoms with Crippen molar-refractivity contribution in [2.24, 2.45) is 5.92 Å². The van der Waals surface area contributed by atoms with Crippen molar-refractivity contribution in [2.75, 3.05) is 5.32 Å². The first-order valence-corrected chi connectivity index (χ1v) is 5.61. The van der Waals surface area contributed by atoms with Crippen LogP contribution >= 0.6 is 0 Å². The molecule has 1 atom stereocenters. The lowest BCUT2D eigenvalue weighted by Gasteiger charge is -2.16. The molecule has 0 radical (unpaired) electrons. The molecule has 0 spiro atoms. The van der Waals surface area contributed by atoms with Crippen LogP contribution in [0.1, 0.15) is 20.3 Å². The third kappa shape index (κ3) is 2.70. The van der Waals surface area contributed by atoms with Crippen LogP contribution in [0.3, 0.4) is 0 Å². The van der Waals surface area contributed by atoms with Gasteiger partial charge in [-0.05, 0) is 34.9 Å². The summed E-state index contributed by atoms with van der Waals surface area (Å²) in [5, 5.41) is 26.9. The highest BCUT2D eigenvalue weighted by Gasteiger charge is 2.19. The number of nitrogens with one attached hydrogen (secondary N) is 1. The van der Waals surface area contributed by atoms with Crippen molar-refractivity contribution in [3.05, 3.63) is 12.1 Å². The van der Waals surface area contributed by atoms with E-state index in [4.69, 9.17) is 5.11 Å². The van der Waals surface area contributed by atoms with Gasteiger partial charge in [-0.15, -0.1) is 14.8 Å². The van der Waals surface area contributed by atoms with Crippen LogP contribution in [-0.4, -0.2) is 42.4 Å².